The molecule has 0 radical (unpaired) electrons. The summed E-state index contributed by atoms with van der Waals surface area (Å²) >= 11 is 2.24. The molecule has 2 heterocycles. The molecular weight excluding hydrogens is 314 g/mol. The van der Waals surface area contributed by atoms with Gasteiger partial charge in [-0.05, 0) is 6.07 Å². The number of thiophene rings is 1. The molecule has 2 aromatic heterocycles. The van der Waals surface area contributed by atoms with E-state index in [0.29, 0.717) is 15.6 Å². The Kier molecular flexibility index (Phi) is 4.33. The Morgan fingerprint density at radius 3 is 2.71 bits per heavy atom. The van der Waals surface area contributed by atoms with Crippen molar-refractivity contribution in [3.05, 3.63) is 32.1 Å². The van der Waals surface area contributed by atoms with Gasteiger partial charge in [-0.25, -0.2) is 4.79 Å². The van der Waals surface area contributed by atoms with Crippen molar-refractivity contribution >= 4 is 34.8 Å². The Labute approximate surface area is 128 Å². The summed E-state index contributed by atoms with van der Waals surface area (Å²) in [5.74, 6) is -1.07. The largest absolute Gasteiger partial charge is 0.477 e. The normalized spacial score (nSPS) is 11.0. The van der Waals surface area contributed by atoms with Gasteiger partial charge in [0.1, 0.15) is 10.6 Å². The predicted molar refractivity (Wildman–Crippen MR) is 79.4 cm³/mol. The van der Waals surface area contributed by atoms with Crippen LogP contribution in [0.2, 0.25) is 0 Å². The lowest BCUT2D eigenvalue weighted by Gasteiger charge is -2.00. The Bertz CT molecular complexity index is 705. The predicted octanol–water partition coefficient (Wildman–Crippen LogP) is 3.36. The Hall–Kier alpha value is -1.87. The molecule has 0 atom stereocenters. The molecule has 0 spiro atoms. The number of carboxylic acid groups (broad SMARTS) is 1. The molecule has 0 saturated heterocycles. The number of hydrogen-bond acceptors (Lipinski definition) is 6. The molecule has 21 heavy (non-hydrogen) atoms. The van der Waals surface area contributed by atoms with E-state index >= 15 is 0 Å². The fraction of sp³-hybridized carbons (Fsp3) is 0.333. The first kappa shape index (κ1) is 15.5. The van der Waals surface area contributed by atoms with Crippen LogP contribution in [0.3, 0.4) is 0 Å². The highest BCUT2D eigenvalue weighted by atomic mass is 32.2. The molecule has 0 bridgehead atoms. The summed E-state index contributed by atoms with van der Waals surface area (Å²) in [5.41, 5.74) is 0.416. The lowest BCUT2D eigenvalue weighted by Crippen LogP contribution is -1.95. The third-order valence-corrected chi connectivity index (χ3v) is 4.92. The van der Waals surface area contributed by atoms with Crippen LogP contribution in [0, 0.1) is 10.1 Å². The first-order valence-corrected chi connectivity index (χ1v) is 7.71. The van der Waals surface area contributed by atoms with Gasteiger partial charge in [-0.1, -0.05) is 25.6 Å². The van der Waals surface area contributed by atoms with Crippen molar-refractivity contribution in [3.8, 4) is 0 Å². The minimum Gasteiger partial charge on any atom is -0.477 e. The van der Waals surface area contributed by atoms with Crippen molar-refractivity contribution in [1.29, 1.82) is 0 Å². The Morgan fingerprint density at radius 2 is 2.24 bits per heavy atom. The molecule has 1 N–H and O–H groups in total. The monoisotopic (exact) mass is 327 g/mol. The molecule has 112 valence electrons. The zero-order chi connectivity index (χ0) is 15.7. The maximum absolute atomic E-state index is 11.3. The number of aryl methyl sites for hydroxylation is 1. The highest BCUT2D eigenvalue weighted by molar-refractivity contribution is 7.99. The van der Waals surface area contributed by atoms with Crippen molar-refractivity contribution in [3.63, 3.8) is 0 Å². The molecule has 0 amide bonds. The first-order valence-electron chi connectivity index (χ1n) is 6.02. The third kappa shape index (κ3) is 3.08. The summed E-state index contributed by atoms with van der Waals surface area (Å²) < 4.78 is 1.47. The lowest BCUT2D eigenvalue weighted by atomic mass is 10.1. The topological polar surface area (TPSA) is 98.3 Å². The van der Waals surface area contributed by atoms with E-state index in [4.69, 9.17) is 5.11 Å². The maximum atomic E-state index is 11.3. The molecule has 7 nitrogen and oxygen atoms in total. The standard InChI is InChI=1S/C12H13N3O4S2/c1-6(2)9-10(15(18)19)11(14(3)13-9)21-7-4-8(12(16)17)20-5-7/h4-6H,1-3H3,(H,16,17). The quantitative estimate of drug-likeness (QED) is 0.668. The summed E-state index contributed by atoms with van der Waals surface area (Å²) in [7, 11) is 1.64. The summed E-state index contributed by atoms with van der Waals surface area (Å²) in [6.07, 6.45) is 0. The molecule has 0 unspecified atom stereocenters. The maximum Gasteiger partial charge on any atom is 0.345 e. The summed E-state index contributed by atoms with van der Waals surface area (Å²) in [6.45, 7) is 3.69. The average Bonchev–Trinajstić information content (AvgIpc) is 2.96. The number of carboxylic acids is 1. The Morgan fingerprint density at radius 1 is 1.57 bits per heavy atom. The number of hydrogen-bond donors (Lipinski definition) is 1. The molecule has 2 aromatic rings. The van der Waals surface area contributed by atoms with E-state index in [0.717, 1.165) is 23.1 Å². The summed E-state index contributed by atoms with van der Waals surface area (Å²) in [5, 5.41) is 26.5. The molecule has 0 aromatic carbocycles. The second-order valence-corrected chi connectivity index (χ2v) is 6.60. The molecular formula is C12H13N3O4S2. The van der Waals surface area contributed by atoms with Gasteiger partial charge in [0.2, 0.25) is 0 Å². The van der Waals surface area contributed by atoms with Gasteiger partial charge in [-0.3, -0.25) is 14.8 Å². The van der Waals surface area contributed by atoms with E-state index in [1.165, 1.54) is 10.7 Å². The second-order valence-electron chi connectivity index (χ2n) is 4.63. The summed E-state index contributed by atoms with van der Waals surface area (Å²) in [4.78, 5) is 22.6. The molecule has 0 fully saturated rings. The fourth-order valence-corrected chi connectivity index (χ4v) is 3.66. The SMILES string of the molecule is CC(C)c1nn(C)c(Sc2csc(C(=O)O)c2)c1[N+](=O)[O-]. The second kappa shape index (κ2) is 5.86. The summed E-state index contributed by atoms with van der Waals surface area (Å²) in [6, 6.07) is 1.50. The minimum absolute atomic E-state index is 0.0134. The molecule has 0 aliphatic carbocycles. The number of rotatable bonds is 5. The molecule has 0 aliphatic rings. The number of carbonyl (C=O) groups is 1. The van der Waals surface area contributed by atoms with Gasteiger partial charge in [0.05, 0.1) is 4.92 Å². The van der Waals surface area contributed by atoms with Crippen molar-refractivity contribution in [2.45, 2.75) is 29.7 Å². The van der Waals surface area contributed by atoms with Gasteiger partial charge in [-0.2, -0.15) is 5.10 Å². The van der Waals surface area contributed by atoms with Crippen LogP contribution in [0.15, 0.2) is 21.4 Å². The van der Waals surface area contributed by atoms with Gasteiger partial charge in [0.25, 0.3) is 0 Å². The molecule has 0 aliphatic heterocycles. The number of nitro groups is 1. The highest BCUT2D eigenvalue weighted by Gasteiger charge is 2.29. The lowest BCUT2D eigenvalue weighted by molar-refractivity contribution is -0.388. The zero-order valence-electron chi connectivity index (χ0n) is 11.6. The van der Waals surface area contributed by atoms with E-state index in [9.17, 15) is 14.9 Å². The van der Waals surface area contributed by atoms with Crippen LogP contribution in [-0.2, 0) is 7.05 Å². The van der Waals surface area contributed by atoms with E-state index in [1.54, 1.807) is 12.4 Å². The van der Waals surface area contributed by atoms with Crippen molar-refractivity contribution in [1.82, 2.24) is 9.78 Å². The van der Waals surface area contributed by atoms with Crippen LogP contribution in [0.1, 0.15) is 35.1 Å². The van der Waals surface area contributed by atoms with Gasteiger partial charge in [0.15, 0.2) is 5.03 Å². The number of aromatic carboxylic acids is 1. The van der Waals surface area contributed by atoms with E-state index in [-0.39, 0.29) is 16.5 Å². The minimum atomic E-state index is -1.01. The van der Waals surface area contributed by atoms with E-state index in [1.807, 2.05) is 13.8 Å². The number of nitrogens with zero attached hydrogens (tertiary/aromatic N) is 3. The van der Waals surface area contributed by atoms with Crippen molar-refractivity contribution in [2.75, 3.05) is 0 Å². The van der Waals surface area contributed by atoms with Crippen LogP contribution in [0.4, 0.5) is 5.69 Å². The highest BCUT2D eigenvalue weighted by Crippen LogP contribution is 2.40. The smallest absolute Gasteiger partial charge is 0.345 e. The molecule has 9 heteroatoms. The fourth-order valence-electron chi connectivity index (χ4n) is 1.79. The van der Waals surface area contributed by atoms with Gasteiger partial charge in [0, 0.05) is 23.2 Å². The van der Waals surface area contributed by atoms with Gasteiger partial charge >= 0.3 is 11.7 Å². The third-order valence-electron chi connectivity index (χ3n) is 2.73. The van der Waals surface area contributed by atoms with Gasteiger partial charge in [-0.15, -0.1) is 11.3 Å². The molecule has 0 saturated carbocycles. The van der Waals surface area contributed by atoms with E-state index in [2.05, 4.69) is 5.10 Å². The zero-order valence-corrected chi connectivity index (χ0v) is 13.2. The molecule has 2 rings (SSSR count). The van der Waals surface area contributed by atoms with E-state index < -0.39 is 10.9 Å². The number of aromatic nitrogens is 2. The first-order chi connectivity index (χ1) is 9.81. The van der Waals surface area contributed by atoms with Crippen LogP contribution in [0.25, 0.3) is 0 Å². The average molecular weight is 327 g/mol. The van der Waals surface area contributed by atoms with Gasteiger partial charge < -0.3 is 5.11 Å². The van der Waals surface area contributed by atoms with Crippen LogP contribution in [-0.4, -0.2) is 25.8 Å². The van der Waals surface area contributed by atoms with Crippen LogP contribution in [0.5, 0.6) is 0 Å². The van der Waals surface area contributed by atoms with Crippen LogP contribution >= 0.6 is 23.1 Å². The van der Waals surface area contributed by atoms with Crippen molar-refractivity contribution in [2.24, 2.45) is 7.05 Å². The van der Waals surface area contributed by atoms with Crippen LogP contribution < -0.4 is 0 Å². The Balaban J connectivity index is 2.43. The van der Waals surface area contributed by atoms with Crippen molar-refractivity contribution < 1.29 is 14.8 Å².